The van der Waals surface area contributed by atoms with Gasteiger partial charge >= 0.3 is 0 Å². The number of nitrogens with zero attached hydrogens (tertiary/aromatic N) is 2. The lowest BCUT2D eigenvalue weighted by Gasteiger charge is -2.00. The number of aromatic amines is 1. The zero-order valence-corrected chi connectivity index (χ0v) is 5.59. The number of nitrogens with one attached hydrogen (secondary N) is 2. The molecule has 1 aromatic heterocycles. The molecule has 0 fully saturated rings. The maximum Gasteiger partial charge on any atom is 0.130 e. The van der Waals surface area contributed by atoms with Crippen molar-refractivity contribution in [3.63, 3.8) is 0 Å². The van der Waals surface area contributed by atoms with Gasteiger partial charge in [-0.1, -0.05) is 6.58 Å². The Morgan fingerprint density at radius 1 is 1.90 bits per heavy atom. The lowest BCUT2D eigenvalue weighted by Crippen LogP contribution is -2.08. The fraction of sp³-hybridized carbons (Fsp3) is 0.200. The molecule has 5 nitrogen and oxygen atoms in total. The quantitative estimate of drug-likeness (QED) is 0.577. The van der Waals surface area contributed by atoms with Gasteiger partial charge in [0.2, 0.25) is 0 Å². The third-order valence-electron chi connectivity index (χ3n) is 0.949. The first-order valence-electron chi connectivity index (χ1n) is 2.68. The SMILES string of the molecule is C=C(NOC)c1cn[nH]n1. The summed E-state index contributed by atoms with van der Waals surface area (Å²) in [5, 5.41) is 9.80. The molecule has 0 amide bonds. The summed E-state index contributed by atoms with van der Waals surface area (Å²) in [7, 11) is 1.51. The zero-order chi connectivity index (χ0) is 7.40. The number of rotatable bonds is 3. The molecule has 0 unspecified atom stereocenters. The van der Waals surface area contributed by atoms with Crippen LogP contribution in [0, 0.1) is 0 Å². The van der Waals surface area contributed by atoms with E-state index in [0.29, 0.717) is 11.4 Å². The predicted octanol–water partition coefficient (Wildman–Crippen LogP) is -0.0736. The van der Waals surface area contributed by atoms with Crippen molar-refractivity contribution in [1.29, 1.82) is 0 Å². The molecule has 0 saturated carbocycles. The number of hydroxylamine groups is 1. The summed E-state index contributed by atoms with van der Waals surface area (Å²) >= 11 is 0. The largest absolute Gasteiger partial charge is 0.279 e. The van der Waals surface area contributed by atoms with Crippen LogP contribution in [0.5, 0.6) is 0 Å². The van der Waals surface area contributed by atoms with Gasteiger partial charge < -0.3 is 0 Å². The molecule has 0 radical (unpaired) electrons. The smallest absolute Gasteiger partial charge is 0.130 e. The van der Waals surface area contributed by atoms with E-state index in [2.05, 4.69) is 32.3 Å². The van der Waals surface area contributed by atoms with E-state index >= 15 is 0 Å². The molecule has 1 heterocycles. The summed E-state index contributed by atoms with van der Waals surface area (Å²) in [6, 6.07) is 0. The van der Waals surface area contributed by atoms with Gasteiger partial charge in [0.25, 0.3) is 0 Å². The van der Waals surface area contributed by atoms with E-state index in [1.807, 2.05) is 0 Å². The molecule has 0 aromatic carbocycles. The first kappa shape index (κ1) is 6.76. The molecule has 0 aliphatic heterocycles. The molecule has 10 heavy (non-hydrogen) atoms. The van der Waals surface area contributed by atoms with Crippen molar-refractivity contribution in [2.45, 2.75) is 0 Å². The van der Waals surface area contributed by atoms with Crippen LogP contribution < -0.4 is 5.48 Å². The Morgan fingerprint density at radius 3 is 3.20 bits per heavy atom. The molecule has 0 atom stereocenters. The van der Waals surface area contributed by atoms with Crippen molar-refractivity contribution in [2.24, 2.45) is 0 Å². The van der Waals surface area contributed by atoms with Crippen LogP contribution in [0.3, 0.4) is 0 Å². The van der Waals surface area contributed by atoms with Crippen LogP contribution in [0.1, 0.15) is 5.69 Å². The molecular formula is C5H8N4O. The second kappa shape index (κ2) is 2.98. The summed E-state index contributed by atoms with van der Waals surface area (Å²) in [4.78, 5) is 4.60. The van der Waals surface area contributed by atoms with Crippen molar-refractivity contribution in [3.8, 4) is 0 Å². The van der Waals surface area contributed by atoms with E-state index in [1.54, 1.807) is 6.20 Å². The molecule has 0 aliphatic carbocycles. The molecular weight excluding hydrogens is 132 g/mol. The van der Waals surface area contributed by atoms with Crippen molar-refractivity contribution in [1.82, 2.24) is 20.9 Å². The molecule has 0 spiro atoms. The maximum absolute atomic E-state index is 4.60. The summed E-state index contributed by atoms with van der Waals surface area (Å²) in [5.74, 6) is 0. The van der Waals surface area contributed by atoms with Gasteiger partial charge in [-0.15, -0.1) is 0 Å². The highest BCUT2D eigenvalue weighted by Gasteiger charge is 1.98. The second-order valence-corrected chi connectivity index (χ2v) is 1.64. The fourth-order valence-electron chi connectivity index (χ4n) is 0.522. The van der Waals surface area contributed by atoms with Crippen LogP contribution in [0.25, 0.3) is 5.70 Å². The Morgan fingerprint density at radius 2 is 2.70 bits per heavy atom. The van der Waals surface area contributed by atoms with Gasteiger partial charge in [0.05, 0.1) is 19.0 Å². The van der Waals surface area contributed by atoms with Gasteiger partial charge in [-0.05, 0) is 0 Å². The van der Waals surface area contributed by atoms with E-state index in [9.17, 15) is 0 Å². The van der Waals surface area contributed by atoms with Crippen LogP contribution in [0.2, 0.25) is 0 Å². The first-order chi connectivity index (χ1) is 4.84. The van der Waals surface area contributed by atoms with Crippen LogP contribution in [-0.4, -0.2) is 22.5 Å². The summed E-state index contributed by atoms with van der Waals surface area (Å²) in [5.41, 5.74) is 3.75. The monoisotopic (exact) mass is 140 g/mol. The molecule has 0 aliphatic rings. The number of H-pyrrole nitrogens is 1. The Labute approximate surface area is 58.0 Å². The predicted molar refractivity (Wildman–Crippen MR) is 35.6 cm³/mol. The van der Waals surface area contributed by atoms with Gasteiger partial charge in [-0.3, -0.25) is 10.3 Å². The first-order valence-corrected chi connectivity index (χ1v) is 2.68. The minimum atomic E-state index is 0.580. The average molecular weight is 140 g/mol. The highest BCUT2D eigenvalue weighted by molar-refractivity contribution is 5.55. The Kier molecular flexibility index (Phi) is 2.01. The lowest BCUT2D eigenvalue weighted by atomic mass is 10.4. The summed E-state index contributed by atoms with van der Waals surface area (Å²) in [6.07, 6.45) is 1.55. The van der Waals surface area contributed by atoms with Crippen LogP contribution in [-0.2, 0) is 4.84 Å². The standard InChI is InChI=1S/C5H8N4O/c1-4(8-10-2)5-3-6-9-7-5/h3,8H,1H2,2H3,(H,6,7,9). The molecule has 0 saturated heterocycles. The van der Waals surface area contributed by atoms with Crippen molar-refractivity contribution < 1.29 is 4.84 Å². The maximum atomic E-state index is 4.60. The summed E-state index contributed by atoms with van der Waals surface area (Å²) < 4.78 is 0. The third kappa shape index (κ3) is 1.32. The highest BCUT2D eigenvalue weighted by atomic mass is 16.6. The lowest BCUT2D eigenvalue weighted by molar-refractivity contribution is 0.136. The average Bonchev–Trinajstić information content (AvgIpc) is 2.38. The van der Waals surface area contributed by atoms with Crippen LogP contribution >= 0.6 is 0 Å². The molecule has 1 rings (SSSR count). The van der Waals surface area contributed by atoms with Gasteiger partial charge in [0, 0.05) is 0 Å². The van der Waals surface area contributed by atoms with Gasteiger partial charge in [0.15, 0.2) is 0 Å². The van der Waals surface area contributed by atoms with Gasteiger partial charge in [-0.2, -0.15) is 15.4 Å². The highest BCUT2D eigenvalue weighted by Crippen LogP contribution is 2.00. The van der Waals surface area contributed by atoms with E-state index in [4.69, 9.17) is 0 Å². The van der Waals surface area contributed by atoms with E-state index in [1.165, 1.54) is 7.11 Å². The Bertz CT molecular complexity index is 205. The zero-order valence-electron chi connectivity index (χ0n) is 5.59. The second-order valence-electron chi connectivity index (χ2n) is 1.64. The Balaban J connectivity index is 2.59. The van der Waals surface area contributed by atoms with Crippen LogP contribution in [0.15, 0.2) is 12.8 Å². The minimum Gasteiger partial charge on any atom is -0.279 e. The molecule has 5 heteroatoms. The topological polar surface area (TPSA) is 62.8 Å². The number of hydrogen-bond acceptors (Lipinski definition) is 4. The fourth-order valence-corrected chi connectivity index (χ4v) is 0.522. The van der Waals surface area contributed by atoms with Crippen LogP contribution in [0.4, 0.5) is 0 Å². The van der Waals surface area contributed by atoms with E-state index in [-0.39, 0.29) is 0 Å². The number of hydrogen-bond donors (Lipinski definition) is 2. The molecule has 0 bridgehead atoms. The van der Waals surface area contributed by atoms with Gasteiger partial charge in [-0.25, -0.2) is 0 Å². The van der Waals surface area contributed by atoms with E-state index in [0.717, 1.165) is 0 Å². The third-order valence-corrected chi connectivity index (χ3v) is 0.949. The molecule has 54 valence electrons. The number of aromatic nitrogens is 3. The van der Waals surface area contributed by atoms with Gasteiger partial charge in [0.1, 0.15) is 5.69 Å². The minimum absolute atomic E-state index is 0.580. The molecule has 1 aromatic rings. The summed E-state index contributed by atoms with van der Waals surface area (Å²) in [6.45, 7) is 3.63. The van der Waals surface area contributed by atoms with Crippen molar-refractivity contribution >= 4 is 5.70 Å². The van der Waals surface area contributed by atoms with Crippen molar-refractivity contribution in [3.05, 3.63) is 18.5 Å². The Hall–Kier alpha value is -1.36. The van der Waals surface area contributed by atoms with Crippen molar-refractivity contribution in [2.75, 3.05) is 7.11 Å². The molecule has 2 N–H and O–H groups in total. The van der Waals surface area contributed by atoms with E-state index < -0.39 is 0 Å². The normalized spacial score (nSPS) is 9.30.